The first-order valence-corrected chi connectivity index (χ1v) is 11.1. The van der Waals surface area contributed by atoms with Crippen LogP contribution < -0.4 is 10.6 Å². The molecule has 0 unspecified atom stereocenters. The molecule has 0 atom stereocenters. The Morgan fingerprint density at radius 2 is 1.45 bits per heavy atom. The molecule has 0 bridgehead atoms. The van der Waals surface area contributed by atoms with Crippen LogP contribution in [0, 0.1) is 0 Å². The number of esters is 1. The molecule has 0 spiro atoms. The van der Waals surface area contributed by atoms with E-state index < -0.39 is 5.97 Å². The van der Waals surface area contributed by atoms with Crippen molar-refractivity contribution >= 4 is 29.3 Å². The third kappa shape index (κ3) is 8.52. The number of carbonyl (C=O) groups excluding carboxylic acids is 4. The van der Waals surface area contributed by atoms with Crippen LogP contribution in [0.3, 0.4) is 0 Å². The van der Waals surface area contributed by atoms with E-state index in [-0.39, 0.29) is 42.6 Å². The van der Waals surface area contributed by atoms with Crippen molar-refractivity contribution in [1.29, 1.82) is 0 Å². The lowest BCUT2D eigenvalue weighted by molar-refractivity contribution is -0.142. The molecule has 2 aromatic carbocycles. The second-order valence-corrected chi connectivity index (χ2v) is 8.79. The SMILES string of the molecule is CCCC(=O)Nc1ccc(C(=O)COC(=O)CCNC(=O)c2ccc(C(C)(C)C)cc2)cc1. The minimum absolute atomic E-state index is 0.00278. The molecule has 33 heavy (non-hydrogen) atoms. The number of carbonyl (C=O) groups is 4. The number of hydrogen-bond acceptors (Lipinski definition) is 5. The Balaban J connectivity index is 1.72. The zero-order valence-corrected chi connectivity index (χ0v) is 19.7. The van der Waals surface area contributed by atoms with Crippen LogP contribution in [0.15, 0.2) is 48.5 Å². The average Bonchev–Trinajstić information content (AvgIpc) is 2.77. The van der Waals surface area contributed by atoms with Gasteiger partial charge in [-0.2, -0.15) is 0 Å². The predicted octanol–water partition coefficient (Wildman–Crippen LogP) is 4.27. The molecule has 0 aliphatic heterocycles. The molecule has 2 aromatic rings. The number of ketones is 1. The topological polar surface area (TPSA) is 102 Å². The third-order valence-electron chi connectivity index (χ3n) is 4.96. The van der Waals surface area contributed by atoms with Crippen molar-refractivity contribution in [1.82, 2.24) is 5.32 Å². The molecule has 0 radical (unpaired) electrons. The summed E-state index contributed by atoms with van der Waals surface area (Å²) in [5, 5.41) is 5.42. The van der Waals surface area contributed by atoms with Gasteiger partial charge in [0.1, 0.15) is 0 Å². The van der Waals surface area contributed by atoms with Gasteiger partial charge in [-0.15, -0.1) is 0 Å². The number of nitrogens with one attached hydrogen (secondary N) is 2. The second kappa shape index (κ2) is 11.9. The van der Waals surface area contributed by atoms with E-state index >= 15 is 0 Å². The van der Waals surface area contributed by atoms with Crippen molar-refractivity contribution in [2.24, 2.45) is 0 Å². The summed E-state index contributed by atoms with van der Waals surface area (Å²) in [6, 6.07) is 13.8. The lowest BCUT2D eigenvalue weighted by atomic mass is 9.87. The summed E-state index contributed by atoms with van der Waals surface area (Å²) < 4.78 is 5.02. The maximum atomic E-state index is 12.2. The number of benzene rings is 2. The van der Waals surface area contributed by atoms with Crippen molar-refractivity contribution in [3.63, 3.8) is 0 Å². The molecule has 2 rings (SSSR count). The van der Waals surface area contributed by atoms with Gasteiger partial charge in [-0.25, -0.2) is 0 Å². The average molecular weight is 453 g/mol. The van der Waals surface area contributed by atoms with Gasteiger partial charge in [-0.3, -0.25) is 19.2 Å². The molecular formula is C26H32N2O5. The molecule has 176 valence electrons. The first kappa shape index (κ1) is 25.8. The van der Waals surface area contributed by atoms with Gasteiger partial charge in [0.2, 0.25) is 5.91 Å². The number of ether oxygens (including phenoxy) is 1. The van der Waals surface area contributed by atoms with Crippen LogP contribution in [-0.4, -0.2) is 36.7 Å². The number of rotatable bonds is 10. The fraction of sp³-hybridized carbons (Fsp3) is 0.385. The van der Waals surface area contributed by atoms with E-state index in [4.69, 9.17) is 4.74 Å². The van der Waals surface area contributed by atoms with Crippen molar-refractivity contribution in [2.75, 3.05) is 18.5 Å². The molecule has 0 aliphatic carbocycles. The summed E-state index contributed by atoms with van der Waals surface area (Å²) in [5.74, 6) is -1.28. The summed E-state index contributed by atoms with van der Waals surface area (Å²) in [5.41, 5.74) is 2.63. The third-order valence-corrected chi connectivity index (χ3v) is 4.96. The lowest BCUT2D eigenvalue weighted by Crippen LogP contribution is -2.27. The summed E-state index contributed by atoms with van der Waals surface area (Å²) in [6.07, 6.45) is 1.14. The van der Waals surface area contributed by atoms with Crippen molar-refractivity contribution in [2.45, 2.75) is 52.4 Å². The van der Waals surface area contributed by atoms with Crippen LogP contribution in [0.2, 0.25) is 0 Å². The quantitative estimate of drug-likeness (QED) is 0.414. The second-order valence-electron chi connectivity index (χ2n) is 8.79. The largest absolute Gasteiger partial charge is 0.457 e. The molecule has 2 N–H and O–H groups in total. The molecule has 0 heterocycles. The standard InChI is InChI=1S/C26H32N2O5/c1-5-6-23(30)28-21-13-9-18(10-14-21)22(29)17-33-24(31)15-16-27-25(32)19-7-11-20(12-8-19)26(2,3)4/h7-14H,5-6,15-17H2,1-4H3,(H,27,32)(H,28,30). The molecule has 2 amide bonds. The maximum Gasteiger partial charge on any atom is 0.308 e. The molecular weight excluding hydrogens is 420 g/mol. The van der Waals surface area contributed by atoms with E-state index in [9.17, 15) is 19.2 Å². The van der Waals surface area contributed by atoms with Crippen LogP contribution in [-0.2, 0) is 19.7 Å². The molecule has 0 saturated heterocycles. The highest BCUT2D eigenvalue weighted by Gasteiger charge is 2.15. The smallest absolute Gasteiger partial charge is 0.308 e. The number of Topliss-reactive ketones (excluding diaryl/α,β-unsaturated/α-hetero) is 1. The summed E-state index contributed by atoms with van der Waals surface area (Å²) in [7, 11) is 0. The Hall–Kier alpha value is -3.48. The van der Waals surface area contributed by atoms with Crippen LogP contribution in [0.1, 0.15) is 73.2 Å². The van der Waals surface area contributed by atoms with E-state index in [1.807, 2.05) is 19.1 Å². The Bertz CT molecular complexity index is 973. The van der Waals surface area contributed by atoms with Gasteiger partial charge < -0.3 is 15.4 Å². The Kier molecular flexibility index (Phi) is 9.33. The summed E-state index contributed by atoms with van der Waals surface area (Å²) in [6.45, 7) is 7.94. The Morgan fingerprint density at radius 1 is 0.848 bits per heavy atom. The normalized spacial score (nSPS) is 10.9. The molecule has 0 aromatic heterocycles. The Morgan fingerprint density at radius 3 is 2.03 bits per heavy atom. The minimum atomic E-state index is -0.574. The van der Waals surface area contributed by atoms with Crippen molar-refractivity contribution in [3.05, 3.63) is 65.2 Å². The zero-order valence-electron chi connectivity index (χ0n) is 19.7. The summed E-state index contributed by atoms with van der Waals surface area (Å²) >= 11 is 0. The fourth-order valence-corrected chi connectivity index (χ4v) is 2.99. The van der Waals surface area contributed by atoms with Gasteiger partial charge in [-0.1, -0.05) is 39.8 Å². The molecule has 0 aliphatic rings. The fourth-order valence-electron chi connectivity index (χ4n) is 2.99. The minimum Gasteiger partial charge on any atom is -0.457 e. The van der Waals surface area contributed by atoms with Gasteiger partial charge in [0.05, 0.1) is 6.42 Å². The van der Waals surface area contributed by atoms with E-state index in [1.54, 1.807) is 36.4 Å². The molecule has 0 saturated carbocycles. The van der Waals surface area contributed by atoms with Gasteiger partial charge >= 0.3 is 5.97 Å². The van der Waals surface area contributed by atoms with E-state index in [1.165, 1.54) is 0 Å². The van der Waals surface area contributed by atoms with Crippen molar-refractivity contribution in [3.8, 4) is 0 Å². The van der Waals surface area contributed by atoms with Gasteiger partial charge in [0, 0.05) is 29.8 Å². The maximum absolute atomic E-state index is 12.2. The monoisotopic (exact) mass is 452 g/mol. The van der Waals surface area contributed by atoms with Gasteiger partial charge in [-0.05, 0) is 53.8 Å². The van der Waals surface area contributed by atoms with Gasteiger partial charge in [0.25, 0.3) is 5.91 Å². The molecule has 7 nitrogen and oxygen atoms in total. The highest BCUT2D eigenvalue weighted by molar-refractivity contribution is 5.99. The number of hydrogen-bond donors (Lipinski definition) is 2. The molecule has 0 fully saturated rings. The predicted molar refractivity (Wildman–Crippen MR) is 127 cm³/mol. The van der Waals surface area contributed by atoms with E-state index in [0.717, 1.165) is 12.0 Å². The van der Waals surface area contributed by atoms with Crippen LogP contribution in [0.5, 0.6) is 0 Å². The van der Waals surface area contributed by atoms with Crippen LogP contribution in [0.4, 0.5) is 5.69 Å². The highest BCUT2D eigenvalue weighted by atomic mass is 16.5. The first-order valence-electron chi connectivity index (χ1n) is 11.1. The lowest BCUT2D eigenvalue weighted by Gasteiger charge is -2.19. The Labute approximate surface area is 194 Å². The number of amides is 2. The van der Waals surface area contributed by atoms with Crippen molar-refractivity contribution < 1.29 is 23.9 Å². The first-order chi connectivity index (χ1) is 15.6. The van der Waals surface area contributed by atoms with Gasteiger partial charge in [0.15, 0.2) is 12.4 Å². The van der Waals surface area contributed by atoms with Crippen LogP contribution >= 0.6 is 0 Å². The number of anilines is 1. The van der Waals surface area contributed by atoms with Crippen LogP contribution in [0.25, 0.3) is 0 Å². The summed E-state index contributed by atoms with van der Waals surface area (Å²) in [4.78, 5) is 48.0. The zero-order chi connectivity index (χ0) is 24.4. The van der Waals surface area contributed by atoms with E-state index in [2.05, 4.69) is 31.4 Å². The highest BCUT2D eigenvalue weighted by Crippen LogP contribution is 2.22. The van der Waals surface area contributed by atoms with E-state index in [0.29, 0.717) is 23.2 Å². The molecule has 7 heteroatoms.